The van der Waals surface area contributed by atoms with Crippen LogP contribution in [0.25, 0.3) is 0 Å². The second-order valence-corrected chi connectivity index (χ2v) is 7.37. The van der Waals surface area contributed by atoms with Crippen molar-refractivity contribution in [3.8, 4) is 0 Å². The summed E-state index contributed by atoms with van der Waals surface area (Å²) < 4.78 is 23.5. The van der Waals surface area contributed by atoms with Crippen LogP contribution in [0.15, 0.2) is 23.1 Å². The number of hydrogen-bond donors (Lipinski definition) is 1. The van der Waals surface area contributed by atoms with E-state index in [1.165, 1.54) is 6.07 Å². The monoisotopic (exact) mass is 261 g/mol. The molecular weight excluding hydrogens is 246 g/mol. The van der Waals surface area contributed by atoms with Crippen molar-refractivity contribution >= 4 is 21.4 Å². The lowest BCUT2D eigenvalue weighted by molar-refractivity contribution is 0.549. The zero-order chi connectivity index (χ0) is 12.6. The summed E-state index contributed by atoms with van der Waals surface area (Å²) in [6, 6.07) is 4.69. The van der Waals surface area contributed by atoms with E-state index < -0.39 is 14.6 Å². The second-order valence-electron chi connectivity index (χ2n) is 4.38. The van der Waals surface area contributed by atoms with E-state index in [-0.39, 0.29) is 11.4 Å². The Morgan fingerprint density at radius 1 is 1.38 bits per heavy atom. The SMILES string of the molecule is Cc1cc(S(=O)(=O)C(C)(C)CN)ccc1Cl. The molecule has 5 heteroatoms. The molecule has 0 saturated heterocycles. The molecule has 0 bridgehead atoms. The highest BCUT2D eigenvalue weighted by atomic mass is 35.5. The summed E-state index contributed by atoms with van der Waals surface area (Å²) in [5, 5.41) is 0.560. The minimum absolute atomic E-state index is 0.0804. The Bertz CT molecular complexity index is 495. The molecule has 0 heterocycles. The van der Waals surface area contributed by atoms with Crippen LogP contribution in [-0.2, 0) is 9.84 Å². The van der Waals surface area contributed by atoms with Gasteiger partial charge in [-0.2, -0.15) is 0 Å². The highest BCUT2D eigenvalue weighted by molar-refractivity contribution is 7.92. The van der Waals surface area contributed by atoms with Crippen LogP contribution in [0.1, 0.15) is 19.4 Å². The predicted octanol–water partition coefficient (Wildman–Crippen LogP) is 2.16. The molecule has 90 valence electrons. The van der Waals surface area contributed by atoms with Crippen molar-refractivity contribution in [2.45, 2.75) is 30.4 Å². The Hall–Kier alpha value is -0.580. The lowest BCUT2D eigenvalue weighted by atomic mass is 10.2. The van der Waals surface area contributed by atoms with Crippen molar-refractivity contribution < 1.29 is 8.42 Å². The van der Waals surface area contributed by atoms with E-state index in [1.54, 1.807) is 32.9 Å². The molecule has 0 saturated carbocycles. The smallest absolute Gasteiger partial charge is 0.184 e. The Labute approximate surface area is 102 Å². The summed E-state index contributed by atoms with van der Waals surface area (Å²) in [6.45, 7) is 5.09. The van der Waals surface area contributed by atoms with Crippen molar-refractivity contribution in [3.63, 3.8) is 0 Å². The number of nitrogens with two attached hydrogens (primary N) is 1. The third kappa shape index (κ3) is 2.24. The molecule has 0 aromatic heterocycles. The summed E-state index contributed by atoms with van der Waals surface area (Å²) in [7, 11) is -3.41. The zero-order valence-electron chi connectivity index (χ0n) is 9.62. The number of hydrogen-bond acceptors (Lipinski definition) is 3. The van der Waals surface area contributed by atoms with Gasteiger partial charge in [-0.25, -0.2) is 8.42 Å². The Kier molecular flexibility index (Phi) is 3.67. The van der Waals surface area contributed by atoms with Crippen LogP contribution in [0.5, 0.6) is 0 Å². The van der Waals surface area contributed by atoms with Gasteiger partial charge >= 0.3 is 0 Å². The van der Waals surface area contributed by atoms with Crippen LogP contribution in [0.4, 0.5) is 0 Å². The molecule has 0 atom stereocenters. The van der Waals surface area contributed by atoms with Gasteiger partial charge in [-0.1, -0.05) is 11.6 Å². The number of rotatable bonds is 3. The summed E-state index contributed by atoms with van der Waals surface area (Å²) in [6.07, 6.45) is 0. The van der Waals surface area contributed by atoms with E-state index in [2.05, 4.69) is 0 Å². The maximum Gasteiger partial charge on any atom is 0.184 e. The van der Waals surface area contributed by atoms with Gasteiger partial charge in [-0.05, 0) is 44.5 Å². The molecule has 0 amide bonds. The number of sulfone groups is 1. The van der Waals surface area contributed by atoms with E-state index in [0.717, 1.165) is 5.56 Å². The Morgan fingerprint density at radius 2 is 1.94 bits per heavy atom. The first-order valence-electron chi connectivity index (χ1n) is 4.93. The zero-order valence-corrected chi connectivity index (χ0v) is 11.2. The van der Waals surface area contributed by atoms with E-state index in [4.69, 9.17) is 17.3 Å². The Morgan fingerprint density at radius 3 is 2.38 bits per heavy atom. The van der Waals surface area contributed by atoms with Crippen LogP contribution < -0.4 is 5.73 Å². The average Bonchev–Trinajstić information content (AvgIpc) is 2.21. The fourth-order valence-corrected chi connectivity index (χ4v) is 2.77. The highest BCUT2D eigenvalue weighted by Crippen LogP contribution is 2.27. The van der Waals surface area contributed by atoms with Gasteiger partial charge in [0.1, 0.15) is 0 Å². The average molecular weight is 262 g/mol. The first-order valence-corrected chi connectivity index (χ1v) is 6.79. The topological polar surface area (TPSA) is 60.2 Å². The second kappa shape index (κ2) is 4.35. The molecule has 16 heavy (non-hydrogen) atoms. The summed E-state index contributed by atoms with van der Waals surface area (Å²) in [5.41, 5.74) is 6.24. The largest absolute Gasteiger partial charge is 0.329 e. The van der Waals surface area contributed by atoms with E-state index in [1.807, 2.05) is 0 Å². The number of aryl methyl sites for hydroxylation is 1. The van der Waals surface area contributed by atoms with Crippen molar-refractivity contribution in [1.82, 2.24) is 0 Å². The van der Waals surface area contributed by atoms with Crippen LogP contribution in [0.2, 0.25) is 5.02 Å². The molecule has 0 unspecified atom stereocenters. The van der Waals surface area contributed by atoms with E-state index in [9.17, 15) is 8.42 Å². The van der Waals surface area contributed by atoms with Gasteiger partial charge in [0, 0.05) is 11.6 Å². The van der Waals surface area contributed by atoms with Gasteiger partial charge in [0.05, 0.1) is 9.64 Å². The van der Waals surface area contributed by atoms with Crippen LogP contribution in [0, 0.1) is 6.92 Å². The van der Waals surface area contributed by atoms with Gasteiger partial charge < -0.3 is 5.73 Å². The van der Waals surface area contributed by atoms with E-state index >= 15 is 0 Å². The molecule has 0 spiro atoms. The first-order chi connectivity index (χ1) is 7.22. The highest BCUT2D eigenvalue weighted by Gasteiger charge is 2.34. The molecule has 3 nitrogen and oxygen atoms in total. The van der Waals surface area contributed by atoms with E-state index in [0.29, 0.717) is 5.02 Å². The van der Waals surface area contributed by atoms with Gasteiger partial charge in [0.15, 0.2) is 9.84 Å². The van der Waals surface area contributed by atoms with Gasteiger partial charge in [0.25, 0.3) is 0 Å². The molecule has 0 aliphatic rings. The summed E-state index contributed by atoms with van der Waals surface area (Å²) in [5.74, 6) is 0. The molecule has 2 N–H and O–H groups in total. The maximum absolute atomic E-state index is 12.2. The van der Waals surface area contributed by atoms with Crippen molar-refractivity contribution in [2.24, 2.45) is 5.73 Å². The fraction of sp³-hybridized carbons (Fsp3) is 0.455. The quantitative estimate of drug-likeness (QED) is 0.907. The van der Waals surface area contributed by atoms with Gasteiger partial charge in [-0.3, -0.25) is 0 Å². The van der Waals surface area contributed by atoms with Gasteiger partial charge in [-0.15, -0.1) is 0 Å². The van der Waals surface area contributed by atoms with Crippen molar-refractivity contribution in [1.29, 1.82) is 0 Å². The van der Waals surface area contributed by atoms with Crippen molar-refractivity contribution in [3.05, 3.63) is 28.8 Å². The third-order valence-electron chi connectivity index (χ3n) is 2.66. The normalized spacial score (nSPS) is 12.8. The number of benzene rings is 1. The van der Waals surface area contributed by atoms with Crippen LogP contribution in [0.3, 0.4) is 0 Å². The van der Waals surface area contributed by atoms with Crippen LogP contribution >= 0.6 is 11.6 Å². The lowest BCUT2D eigenvalue weighted by Gasteiger charge is -2.23. The summed E-state index contributed by atoms with van der Waals surface area (Å²) in [4.78, 5) is 0.268. The fourth-order valence-electron chi connectivity index (χ4n) is 1.21. The predicted molar refractivity (Wildman–Crippen MR) is 66.5 cm³/mol. The molecule has 0 radical (unpaired) electrons. The molecule has 1 aromatic carbocycles. The summed E-state index contributed by atoms with van der Waals surface area (Å²) >= 11 is 5.86. The molecular formula is C11H16ClNO2S. The number of halogens is 1. The third-order valence-corrected chi connectivity index (χ3v) is 5.58. The molecule has 1 aromatic rings. The molecule has 0 aliphatic carbocycles. The minimum Gasteiger partial charge on any atom is -0.329 e. The standard InChI is InChI=1S/C11H16ClNO2S/c1-8-6-9(4-5-10(8)12)16(14,15)11(2,3)7-13/h4-6H,7,13H2,1-3H3. The van der Waals surface area contributed by atoms with Gasteiger partial charge in [0.2, 0.25) is 0 Å². The molecule has 0 fully saturated rings. The first kappa shape index (κ1) is 13.5. The Balaban J connectivity index is 3.34. The van der Waals surface area contributed by atoms with Crippen molar-refractivity contribution in [2.75, 3.05) is 6.54 Å². The van der Waals surface area contributed by atoms with Crippen LogP contribution in [-0.4, -0.2) is 19.7 Å². The molecule has 1 rings (SSSR count). The molecule has 0 aliphatic heterocycles. The minimum atomic E-state index is -3.41. The lowest BCUT2D eigenvalue weighted by Crippen LogP contribution is -2.39. The maximum atomic E-state index is 12.2.